The molecule has 9 nitrogen and oxygen atoms in total. The Morgan fingerprint density at radius 3 is 2.13 bits per heavy atom. The maximum Gasteiger partial charge on any atom is 0.327 e. The van der Waals surface area contributed by atoms with E-state index in [1.165, 1.54) is 0 Å². The van der Waals surface area contributed by atoms with E-state index in [1.54, 1.807) is 13.8 Å². The monoisotopic (exact) mass is 427 g/mol. The summed E-state index contributed by atoms with van der Waals surface area (Å²) in [5.74, 6) is -5.06. The summed E-state index contributed by atoms with van der Waals surface area (Å²) in [5, 5.41) is 21.2. The van der Waals surface area contributed by atoms with Crippen molar-refractivity contribution >= 4 is 23.9 Å². The third kappa shape index (κ3) is 5.96. The summed E-state index contributed by atoms with van der Waals surface area (Å²) in [6.07, 6.45) is 0.151. The number of amides is 3. The maximum atomic E-state index is 13.3. The van der Waals surface area contributed by atoms with Crippen molar-refractivity contribution in [1.29, 1.82) is 0 Å². The SMILES string of the molecule is CC(C)C[C@H](N[C@@H](CN1C(=O)CN(Cc2cc(F)cc(F)c2)C1=O)C(=O)O)C(=O)O. The number of aliphatic carboxylic acids is 2. The molecule has 0 radical (unpaired) electrons. The van der Waals surface area contributed by atoms with E-state index in [0.717, 1.165) is 17.0 Å². The van der Waals surface area contributed by atoms with Crippen LogP contribution in [0.1, 0.15) is 25.8 Å². The zero-order chi connectivity index (χ0) is 22.6. The van der Waals surface area contributed by atoms with E-state index in [-0.39, 0.29) is 24.4 Å². The van der Waals surface area contributed by atoms with Crippen LogP contribution in [0.25, 0.3) is 0 Å². The van der Waals surface area contributed by atoms with Crippen LogP contribution in [0.5, 0.6) is 0 Å². The summed E-state index contributed by atoms with van der Waals surface area (Å²) in [6.45, 7) is 2.33. The minimum Gasteiger partial charge on any atom is -0.480 e. The smallest absolute Gasteiger partial charge is 0.327 e. The van der Waals surface area contributed by atoms with Gasteiger partial charge in [0, 0.05) is 12.6 Å². The van der Waals surface area contributed by atoms with Gasteiger partial charge >= 0.3 is 18.0 Å². The van der Waals surface area contributed by atoms with Crippen LogP contribution in [0, 0.1) is 17.6 Å². The number of hydrogen-bond donors (Lipinski definition) is 3. The molecule has 3 amide bonds. The number of halogens is 2. The molecule has 1 aliphatic rings. The summed E-state index contributed by atoms with van der Waals surface area (Å²) < 4.78 is 26.7. The Kier molecular flexibility index (Phi) is 7.43. The number of nitrogens with one attached hydrogen (secondary N) is 1. The van der Waals surface area contributed by atoms with E-state index in [2.05, 4.69) is 5.32 Å². The van der Waals surface area contributed by atoms with Crippen molar-refractivity contribution in [2.75, 3.05) is 13.1 Å². The Morgan fingerprint density at radius 1 is 1.07 bits per heavy atom. The van der Waals surface area contributed by atoms with Gasteiger partial charge in [-0.2, -0.15) is 0 Å². The summed E-state index contributed by atoms with van der Waals surface area (Å²) in [4.78, 5) is 49.5. The molecule has 11 heteroatoms. The molecule has 1 aromatic carbocycles. The molecule has 3 N–H and O–H groups in total. The lowest BCUT2D eigenvalue weighted by molar-refractivity contribution is -0.143. The summed E-state index contributed by atoms with van der Waals surface area (Å²) in [5.41, 5.74) is 0.131. The first-order valence-corrected chi connectivity index (χ1v) is 9.23. The van der Waals surface area contributed by atoms with Gasteiger partial charge in [-0.05, 0) is 30.0 Å². The first kappa shape index (κ1) is 23.2. The van der Waals surface area contributed by atoms with Crippen LogP contribution in [0.3, 0.4) is 0 Å². The van der Waals surface area contributed by atoms with Gasteiger partial charge in [0.2, 0.25) is 5.91 Å². The molecule has 0 aliphatic carbocycles. The molecule has 1 fully saturated rings. The van der Waals surface area contributed by atoms with E-state index < -0.39 is 60.7 Å². The standard InChI is InChI=1S/C19H23F2N3O6/c1-10(2)3-14(17(26)27)22-15(18(28)29)8-24-16(25)9-23(19(24)30)7-11-4-12(20)6-13(21)5-11/h4-6,10,14-15,22H,3,7-9H2,1-2H3,(H,26,27)(H,28,29)/t14-,15-/m0/s1. The Hall–Kier alpha value is -3.08. The first-order valence-electron chi connectivity index (χ1n) is 9.23. The molecule has 0 aromatic heterocycles. The van der Waals surface area contributed by atoms with Gasteiger partial charge in [-0.3, -0.25) is 24.6 Å². The zero-order valence-corrected chi connectivity index (χ0v) is 16.5. The lowest BCUT2D eigenvalue weighted by Gasteiger charge is -2.25. The van der Waals surface area contributed by atoms with Crippen LogP contribution in [-0.4, -0.2) is 69.1 Å². The van der Waals surface area contributed by atoms with Crippen molar-refractivity contribution in [2.45, 2.75) is 38.9 Å². The number of carboxylic acids is 2. The van der Waals surface area contributed by atoms with Gasteiger partial charge in [-0.1, -0.05) is 13.8 Å². The van der Waals surface area contributed by atoms with E-state index in [1.807, 2.05) is 0 Å². The maximum absolute atomic E-state index is 13.3. The van der Waals surface area contributed by atoms with Gasteiger partial charge in [0.05, 0.1) is 6.54 Å². The molecule has 1 aliphatic heterocycles. The fourth-order valence-corrected chi connectivity index (χ4v) is 3.16. The number of hydrogen-bond acceptors (Lipinski definition) is 5. The van der Waals surface area contributed by atoms with E-state index in [9.17, 15) is 38.2 Å². The molecule has 30 heavy (non-hydrogen) atoms. The topological polar surface area (TPSA) is 127 Å². The van der Waals surface area contributed by atoms with Crippen molar-refractivity contribution in [3.8, 4) is 0 Å². The predicted molar refractivity (Wildman–Crippen MR) is 99.3 cm³/mol. The van der Waals surface area contributed by atoms with Crippen molar-refractivity contribution < 1.29 is 38.2 Å². The molecular weight excluding hydrogens is 404 g/mol. The van der Waals surface area contributed by atoms with Crippen molar-refractivity contribution in [3.63, 3.8) is 0 Å². The average molecular weight is 427 g/mol. The Morgan fingerprint density at radius 2 is 1.63 bits per heavy atom. The highest BCUT2D eigenvalue weighted by Gasteiger charge is 2.39. The molecule has 0 unspecified atom stereocenters. The van der Waals surface area contributed by atoms with Crippen molar-refractivity contribution in [1.82, 2.24) is 15.1 Å². The fourth-order valence-electron chi connectivity index (χ4n) is 3.16. The minimum absolute atomic E-state index is 0.0368. The van der Waals surface area contributed by atoms with E-state index >= 15 is 0 Å². The predicted octanol–water partition coefficient (Wildman–Crippen LogP) is 1.27. The Balaban J connectivity index is 2.11. The van der Waals surface area contributed by atoms with Crippen LogP contribution in [0.15, 0.2) is 18.2 Å². The fraction of sp³-hybridized carbons (Fsp3) is 0.474. The number of carboxylic acid groups (broad SMARTS) is 2. The summed E-state index contributed by atoms with van der Waals surface area (Å²) in [6, 6.07) is -0.780. The number of imide groups is 1. The number of nitrogens with zero attached hydrogens (tertiary/aromatic N) is 2. The van der Waals surface area contributed by atoms with Crippen molar-refractivity contribution in [3.05, 3.63) is 35.4 Å². The molecular formula is C19H23F2N3O6. The van der Waals surface area contributed by atoms with Crippen LogP contribution < -0.4 is 5.32 Å². The Labute approximate surface area is 171 Å². The Bertz CT molecular complexity index is 827. The molecule has 1 saturated heterocycles. The highest BCUT2D eigenvalue weighted by atomic mass is 19.1. The molecule has 1 heterocycles. The molecule has 2 rings (SSSR count). The average Bonchev–Trinajstić information content (AvgIpc) is 2.86. The second-order valence-electron chi connectivity index (χ2n) is 7.50. The van der Waals surface area contributed by atoms with Gasteiger partial charge in [-0.15, -0.1) is 0 Å². The second-order valence-corrected chi connectivity index (χ2v) is 7.50. The molecule has 2 atom stereocenters. The first-order chi connectivity index (χ1) is 14.0. The van der Waals surface area contributed by atoms with E-state index in [0.29, 0.717) is 11.0 Å². The van der Waals surface area contributed by atoms with Crippen LogP contribution >= 0.6 is 0 Å². The minimum atomic E-state index is -1.50. The van der Waals surface area contributed by atoms with Crippen LogP contribution in [-0.2, 0) is 20.9 Å². The van der Waals surface area contributed by atoms with Crippen LogP contribution in [0.4, 0.5) is 13.6 Å². The molecule has 0 bridgehead atoms. The molecule has 164 valence electrons. The molecule has 0 saturated carbocycles. The third-order valence-corrected chi connectivity index (χ3v) is 4.50. The summed E-state index contributed by atoms with van der Waals surface area (Å²) >= 11 is 0. The molecule has 0 spiro atoms. The van der Waals surface area contributed by atoms with Gasteiger partial charge in [0.1, 0.15) is 30.3 Å². The lowest BCUT2D eigenvalue weighted by atomic mass is 10.0. The van der Waals surface area contributed by atoms with Crippen molar-refractivity contribution in [2.24, 2.45) is 5.92 Å². The third-order valence-electron chi connectivity index (χ3n) is 4.50. The zero-order valence-electron chi connectivity index (χ0n) is 16.5. The normalized spacial score (nSPS) is 16.3. The quantitative estimate of drug-likeness (QED) is 0.480. The van der Waals surface area contributed by atoms with Crippen LogP contribution in [0.2, 0.25) is 0 Å². The highest BCUT2D eigenvalue weighted by molar-refractivity contribution is 6.02. The number of carbonyl (C=O) groups excluding carboxylic acids is 2. The largest absolute Gasteiger partial charge is 0.480 e. The molecule has 1 aromatic rings. The van der Waals surface area contributed by atoms with Gasteiger partial charge < -0.3 is 15.1 Å². The highest BCUT2D eigenvalue weighted by Crippen LogP contribution is 2.17. The van der Waals surface area contributed by atoms with E-state index in [4.69, 9.17) is 0 Å². The number of benzene rings is 1. The van der Waals surface area contributed by atoms with Gasteiger partial charge in [0.15, 0.2) is 0 Å². The lowest BCUT2D eigenvalue weighted by Crippen LogP contribution is -2.53. The van der Waals surface area contributed by atoms with Gasteiger partial charge in [-0.25, -0.2) is 13.6 Å². The summed E-state index contributed by atoms with van der Waals surface area (Å²) in [7, 11) is 0. The number of urea groups is 1. The second kappa shape index (κ2) is 9.61. The number of carbonyl (C=O) groups is 4. The van der Waals surface area contributed by atoms with Gasteiger partial charge in [0.25, 0.3) is 0 Å². The number of rotatable bonds is 10.